The van der Waals surface area contributed by atoms with E-state index in [4.69, 9.17) is 0 Å². The Labute approximate surface area is 103 Å². The van der Waals surface area contributed by atoms with Crippen LogP contribution in [0.5, 0.6) is 0 Å². The van der Waals surface area contributed by atoms with Crippen LogP contribution >= 0.6 is 0 Å². The first-order chi connectivity index (χ1) is 7.99. The van der Waals surface area contributed by atoms with Crippen molar-refractivity contribution < 1.29 is 9.59 Å². The number of nitrogens with zero attached hydrogens (tertiary/aromatic N) is 2. The lowest BCUT2D eigenvalue weighted by atomic mass is 10.3. The number of likely N-dealkylation sites (N-methyl/N-ethyl adjacent to an activating group) is 1. The zero-order chi connectivity index (χ0) is 12.8. The van der Waals surface area contributed by atoms with Gasteiger partial charge in [-0.3, -0.25) is 9.59 Å². The van der Waals surface area contributed by atoms with Crippen molar-refractivity contribution in [3.8, 4) is 0 Å². The van der Waals surface area contributed by atoms with Gasteiger partial charge in [0.25, 0.3) is 0 Å². The summed E-state index contributed by atoms with van der Waals surface area (Å²) < 4.78 is 0. The predicted molar refractivity (Wildman–Crippen MR) is 66.6 cm³/mol. The first-order valence-corrected chi connectivity index (χ1v) is 6.18. The van der Waals surface area contributed by atoms with Crippen molar-refractivity contribution in [2.24, 2.45) is 0 Å². The van der Waals surface area contributed by atoms with Gasteiger partial charge in [-0.15, -0.1) is 0 Å². The van der Waals surface area contributed by atoms with Gasteiger partial charge in [-0.05, 0) is 26.9 Å². The second-order valence-corrected chi connectivity index (χ2v) is 4.90. The van der Waals surface area contributed by atoms with Crippen LogP contribution in [0.3, 0.4) is 0 Å². The highest BCUT2D eigenvalue weighted by Gasteiger charge is 2.23. The van der Waals surface area contributed by atoms with E-state index in [9.17, 15) is 9.59 Å². The fourth-order valence-corrected chi connectivity index (χ4v) is 1.51. The molecule has 0 spiro atoms. The zero-order valence-electron chi connectivity index (χ0n) is 11.0. The Kier molecular flexibility index (Phi) is 5.41. The van der Waals surface area contributed by atoms with Crippen LogP contribution in [0.4, 0.5) is 0 Å². The van der Waals surface area contributed by atoms with Gasteiger partial charge in [-0.1, -0.05) is 0 Å². The monoisotopic (exact) mass is 241 g/mol. The van der Waals surface area contributed by atoms with Gasteiger partial charge in [-0.25, -0.2) is 0 Å². The van der Waals surface area contributed by atoms with Gasteiger partial charge in [0.05, 0.1) is 0 Å². The molecule has 0 unspecified atom stereocenters. The Morgan fingerprint density at radius 1 is 1.18 bits per heavy atom. The largest absolute Gasteiger partial charge is 0.353 e. The molecule has 0 aromatic heterocycles. The first-order valence-electron chi connectivity index (χ1n) is 6.18. The van der Waals surface area contributed by atoms with E-state index in [0.717, 1.165) is 19.4 Å². The van der Waals surface area contributed by atoms with Crippen molar-refractivity contribution >= 4 is 11.8 Å². The van der Waals surface area contributed by atoms with Crippen molar-refractivity contribution in [3.63, 3.8) is 0 Å². The normalized spacial score (nSPS) is 14.8. The molecule has 1 fully saturated rings. The molecule has 1 aliphatic rings. The lowest BCUT2D eigenvalue weighted by Crippen LogP contribution is -2.38. The minimum atomic E-state index is 0.0334. The van der Waals surface area contributed by atoms with Crippen LogP contribution in [0.2, 0.25) is 0 Å². The summed E-state index contributed by atoms with van der Waals surface area (Å²) in [6.07, 6.45) is 2.61. The maximum atomic E-state index is 11.5. The molecule has 1 saturated carbocycles. The lowest BCUT2D eigenvalue weighted by Gasteiger charge is -2.22. The van der Waals surface area contributed by atoms with Crippen LogP contribution < -0.4 is 5.32 Å². The minimum Gasteiger partial charge on any atom is -0.353 e. The van der Waals surface area contributed by atoms with E-state index in [0.29, 0.717) is 25.6 Å². The Morgan fingerprint density at radius 3 is 2.29 bits per heavy atom. The number of carbonyl (C=O) groups is 2. The molecule has 0 radical (unpaired) electrons. The van der Waals surface area contributed by atoms with E-state index in [2.05, 4.69) is 5.32 Å². The molecule has 5 heteroatoms. The van der Waals surface area contributed by atoms with Crippen LogP contribution in [0.25, 0.3) is 0 Å². The summed E-state index contributed by atoms with van der Waals surface area (Å²) in [7, 11) is 3.94. The van der Waals surface area contributed by atoms with E-state index in [1.54, 1.807) is 11.8 Å². The second kappa shape index (κ2) is 6.59. The summed E-state index contributed by atoms with van der Waals surface area (Å²) in [6.45, 7) is 3.57. The molecule has 0 bridgehead atoms. The highest BCUT2D eigenvalue weighted by atomic mass is 16.2. The third-order valence-corrected chi connectivity index (χ3v) is 2.81. The summed E-state index contributed by atoms with van der Waals surface area (Å²) in [5.41, 5.74) is 0. The Bertz CT molecular complexity index is 275. The average Bonchev–Trinajstić information content (AvgIpc) is 3.00. The van der Waals surface area contributed by atoms with Crippen LogP contribution in [-0.4, -0.2) is 61.4 Å². The van der Waals surface area contributed by atoms with E-state index in [-0.39, 0.29) is 11.8 Å². The number of hydrogen-bond donors (Lipinski definition) is 1. The fourth-order valence-electron chi connectivity index (χ4n) is 1.51. The summed E-state index contributed by atoms with van der Waals surface area (Å²) >= 11 is 0. The molecule has 1 rings (SSSR count). The molecule has 0 saturated heterocycles. The smallest absolute Gasteiger partial charge is 0.221 e. The molecule has 5 nitrogen and oxygen atoms in total. The van der Waals surface area contributed by atoms with Crippen molar-refractivity contribution in [2.75, 3.05) is 33.7 Å². The van der Waals surface area contributed by atoms with Crippen molar-refractivity contribution in [1.82, 2.24) is 15.1 Å². The lowest BCUT2D eigenvalue weighted by molar-refractivity contribution is -0.129. The molecule has 0 aromatic carbocycles. The Balaban J connectivity index is 2.22. The second-order valence-electron chi connectivity index (χ2n) is 4.90. The Hall–Kier alpha value is -1.10. The SMILES string of the molecule is CC(=O)N(CCC(=O)NC1CC1)CCN(C)C. The van der Waals surface area contributed by atoms with Gasteiger partial charge >= 0.3 is 0 Å². The maximum absolute atomic E-state index is 11.5. The quantitative estimate of drug-likeness (QED) is 0.686. The van der Waals surface area contributed by atoms with Gasteiger partial charge in [0, 0.05) is 39.0 Å². The fraction of sp³-hybridized carbons (Fsp3) is 0.833. The van der Waals surface area contributed by atoms with Crippen LogP contribution in [0.1, 0.15) is 26.2 Å². The molecule has 0 heterocycles. The van der Waals surface area contributed by atoms with Gasteiger partial charge < -0.3 is 15.1 Å². The zero-order valence-corrected chi connectivity index (χ0v) is 11.0. The van der Waals surface area contributed by atoms with Crippen molar-refractivity contribution in [3.05, 3.63) is 0 Å². The van der Waals surface area contributed by atoms with Crippen molar-refractivity contribution in [1.29, 1.82) is 0 Å². The summed E-state index contributed by atoms with van der Waals surface area (Å²) in [5, 5.41) is 2.93. The van der Waals surface area contributed by atoms with Gasteiger partial charge in [0.1, 0.15) is 0 Å². The van der Waals surface area contributed by atoms with Gasteiger partial charge in [0.2, 0.25) is 11.8 Å². The van der Waals surface area contributed by atoms with Crippen LogP contribution in [0, 0.1) is 0 Å². The predicted octanol–water partition coefficient (Wildman–Crippen LogP) is 0.0652. The average molecular weight is 241 g/mol. The number of rotatable bonds is 7. The molecular weight excluding hydrogens is 218 g/mol. The Morgan fingerprint density at radius 2 is 1.82 bits per heavy atom. The highest BCUT2D eigenvalue weighted by Crippen LogP contribution is 2.18. The molecule has 0 atom stereocenters. The summed E-state index contributed by atoms with van der Waals surface area (Å²) in [5.74, 6) is 0.0923. The van der Waals surface area contributed by atoms with E-state index in [1.807, 2.05) is 19.0 Å². The number of nitrogens with one attached hydrogen (secondary N) is 1. The molecule has 98 valence electrons. The molecule has 0 aliphatic heterocycles. The molecule has 2 amide bonds. The van der Waals surface area contributed by atoms with Crippen LogP contribution in [-0.2, 0) is 9.59 Å². The number of carbonyl (C=O) groups excluding carboxylic acids is 2. The molecule has 17 heavy (non-hydrogen) atoms. The first kappa shape index (κ1) is 14.0. The number of hydrogen-bond acceptors (Lipinski definition) is 3. The molecular formula is C12H23N3O2. The maximum Gasteiger partial charge on any atom is 0.221 e. The molecule has 1 aliphatic carbocycles. The molecule has 0 aromatic rings. The summed E-state index contributed by atoms with van der Waals surface area (Å²) in [6, 6.07) is 0.398. The standard InChI is InChI=1S/C12H23N3O2/c1-10(16)15(9-8-14(2)3)7-6-12(17)13-11-4-5-11/h11H,4-9H2,1-3H3,(H,13,17). The van der Waals surface area contributed by atoms with Crippen molar-refractivity contribution in [2.45, 2.75) is 32.2 Å². The summed E-state index contributed by atoms with van der Waals surface area (Å²) in [4.78, 5) is 26.6. The molecule has 1 N–H and O–H groups in total. The van der Waals surface area contributed by atoms with Gasteiger partial charge in [-0.2, -0.15) is 0 Å². The third kappa shape index (κ3) is 6.26. The van der Waals surface area contributed by atoms with Gasteiger partial charge in [0.15, 0.2) is 0 Å². The highest BCUT2D eigenvalue weighted by molar-refractivity contribution is 5.78. The number of amides is 2. The van der Waals surface area contributed by atoms with E-state index < -0.39 is 0 Å². The topological polar surface area (TPSA) is 52.7 Å². The van der Waals surface area contributed by atoms with E-state index in [1.165, 1.54) is 0 Å². The van der Waals surface area contributed by atoms with Crippen LogP contribution in [0.15, 0.2) is 0 Å². The van der Waals surface area contributed by atoms with E-state index >= 15 is 0 Å². The third-order valence-electron chi connectivity index (χ3n) is 2.81. The minimum absolute atomic E-state index is 0.0334.